The van der Waals surface area contributed by atoms with Crippen molar-refractivity contribution in [2.75, 3.05) is 68.4 Å². The molecule has 0 unspecified atom stereocenters. The van der Waals surface area contributed by atoms with Gasteiger partial charge in [-0.2, -0.15) is 18.4 Å². The van der Waals surface area contributed by atoms with Gasteiger partial charge in [0, 0.05) is 65.3 Å². The Labute approximate surface area is 400 Å². The summed E-state index contributed by atoms with van der Waals surface area (Å²) in [6.07, 6.45) is -0.998. The lowest BCUT2D eigenvalue weighted by Crippen LogP contribution is -2.58. The van der Waals surface area contributed by atoms with Crippen molar-refractivity contribution >= 4 is 58.2 Å². The molecule has 2 aliphatic rings. The molecule has 2 aromatic carbocycles. The molecule has 0 radical (unpaired) electrons. The van der Waals surface area contributed by atoms with E-state index < -0.39 is 70.1 Å². The molecule has 368 valence electrons. The molecule has 0 bridgehead atoms. The maximum Gasteiger partial charge on any atom is 0.417 e. The third kappa shape index (κ3) is 13.4. The summed E-state index contributed by atoms with van der Waals surface area (Å²) in [4.78, 5) is 63.8. The zero-order valence-electron chi connectivity index (χ0n) is 39.5. The van der Waals surface area contributed by atoms with E-state index in [0.717, 1.165) is 47.7 Å². The van der Waals surface area contributed by atoms with Gasteiger partial charge >= 0.3 is 6.18 Å². The molecule has 3 aromatic rings. The second-order valence-corrected chi connectivity index (χ2v) is 18.8. The Kier molecular flexibility index (Phi) is 17.9. The summed E-state index contributed by atoms with van der Waals surface area (Å²) in [5.74, 6) is -0.505. The van der Waals surface area contributed by atoms with E-state index in [0.29, 0.717) is 37.7 Å². The van der Waals surface area contributed by atoms with E-state index in [1.807, 2.05) is 51.9 Å². The van der Waals surface area contributed by atoms with Crippen LogP contribution in [0.1, 0.15) is 83.4 Å². The average Bonchev–Trinajstić information content (AvgIpc) is 3.76. The van der Waals surface area contributed by atoms with Gasteiger partial charge in [-0.15, -0.1) is 0 Å². The summed E-state index contributed by atoms with van der Waals surface area (Å²) in [6, 6.07) is 13.3. The summed E-state index contributed by atoms with van der Waals surface area (Å²) < 4.78 is 58.3. The topological polar surface area (TPSA) is 190 Å². The van der Waals surface area contributed by atoms with E-state index in [1.54, 1.807) is 55.3 Å². The molecule has 16 nitrogen and oxygen atoms in total. The molecule has 1 aromatic heterocycles. The number of hydrogen-bond donors (Lipinski definition) is 3. The molecule has 0 saturated carbocycles. The van der Waals surface area contributed by atoms with E-state index in [4.69, 9.17) is 26.4 Å². The highest BCUT2D eigenvalue weighted by atomic mass is 32.1. The first-order valence-corrected chi connectivity index (χ1v) is 22.8. The van der Waals surface area contributed by atoms with Crippen LogP contribution < -0.4 is 30.1 Å². The van der Waals surface area contributed by atoms with Gasteiger partial charge in [-0.1, -0.05) is 26.8 Å². The van der Waals surface area contributed by atoms with Crippen molar-refractivity contribution in [1.29, 1.82) is 5.26 Å². The summed E-state index contributed by atoms with van der Waals surface area (Å²) in [5, 5.41) is 25.3. The third-order valence-electron chi connectivity index (χ3n) is 11.5. The largest absolute Gasteiger partial charge is 0.494 e. The molecule has 3 N–H and O–H groups in total. The number of aromatic nitrogens is 1. The number of carbonyl (C=O) groups excluding carboxylic acids is 4. The number of hydrogen-bond acceptors (Lipinski definition) is 12. The van der Waals surface area contributed by atoms with Crippen LogP contribution in [0.15, 0.2) is 60.8 Å². The predicted octanol–water partition coefficient (Wildman–Crippen LogP) is 5.74. The van der Waals surface area contributed by atoms with Crippen LogP contribution in [0.25, 0.3) is 0 Å². The lowest BCUT2D eigenvalue weighted by Gasteiger charge is -2.35. The number of unbranched alkanes of at least 4 members (excludes halogenated alkanes) is 2. The van der Waals surface area contributed by atoms with Crippen LogP contribution in [0.4, 0.5) is 30.4 Å². The highest BCUT2D eigenvalue weighted by Crippen LogP contribution is 2.40. The third-order valence-corrected chi connectivity index (χ3v) is 11.8. The molecule has 0 spiro atoms. The zero-order valence-corrected chi connectivity index (χ0v) is 40.3. The Balaban J connectivity index is 0.963. The van der Waals surface area contributed by atoms with Crippen molar-refractivity contribution in [2.24, 2.45) is 5.41 Å². The molecular weight excluding hydrogens is 906 g/mol. The van der Waals surface area contributed by atoms with E-state index in [9.17, 15) is 42.7 Å². The molecule has 3 atom stereocenters. The summed E-state index contributed by atoms with van der Waals surface area (Å²) >= 11 is 5.62. The molecule has 2 fully saturated rings. The number of aliphatic hydroxyl groups is 1. The van der Waals surface area contributed by atoms with Crippen molar-refractivity contribution in [1.82, 2.24) is 20.5 Å². The van der Waals surface area contributed by atoms with Crippen LogP contribution in [-0.2, 0) is 41.4 Å². The Morgan fingerprint density at radius 3 is 2.26 bits per heavy atom. The van der Waals surface area contributed by atoms with Crippen LogP contribution in [-0.4, -0.2) is 121 Å². The van der Waals surface area contributed by atoms with Gasteiger partial charge in [0.25, 0.3) is 5.91 Å². The van der Waals surface area contributed by atoms with Gasteiger partial charge in [-0.3, -0.25) is 24.1 Å². The number of carbonyl (C=O) groups is 4. The standard InChI is InChI=1S/C48H61F3N8O8S/c1-46(2,3)41(43(63)57-29-35(60)25-38(57)42(62)54-28-31-12-19-39(53-27-31)56(6)7)55-40(61)30-66-22-11-21-65-20-9-8-10-23-67-36-17-15-33(16-18-36)59-45(68)58(44(64)47(59,4)5)34-14-13-32(26-52)37(24-34)48(49,50)51/h12-19,24,27,35,38,41,60H,8-11,20-23,25,28-30H2,1-7H3,(H,54,62)(H,55,61)/t35-,38+,41-/m1/s1. The molecule has 0 aliphatic carbocycles. The van der Waals surface area contributed by atoms with E-state index in [2.05, 4.69) is 15.6 Å². The number of aliphatic hydroxyl groups excluding tert-OH is 1. The van der Waals surface area contributed by atoms with Crippen LogP contribution in [0.5, 0.6) is 5.75 Å². The van der Waals surface area contributed by atoms with Gasteiger partial charge in [0.1, 0.15) is 35.8 Å². The first-order chi connectivity index (χ1) is 32.0. The minimum atomic E-state index is -4.80. The molecule has 2 saturated heterocycles. The number of halogens is 3. The lowest BCUT2D eigenvalue weighted by molar-refractivity contribution is -0.144. The number of ether oxygens (including phenoxy) is 3. The van der Waals surface area contributed by atoms with Crippen molar-refractivity contribution in [3.8, 4) is 11.8 Å². The van der Waals surface area contributed by atoms with Crippen molar-refractivity contribution < 1.29 is 51.7 Å². The molecule has 3 heterocycles. The minimum Gasteiger partial charge on any atom is -0.494 e. The van der Waals surface area contributed by atoms with Gasteiger partial charge in [0.15, 0.2) is 5.11 Å². The number of likely N-dealkylation sites (tertiary alicyclic amines) is 1. The fourth-order valence-corrected chi connectivity index (χ4v) is 8.29. The fraction of sp³-hybridized carbons (Fsp3) is 0.521. The second-order valence-electron chi connectivity index (χ2n) is 18.5. The quantitative estimate of drug-likeness (QED) is 0.0868. The Morgan fingerprint density at radius 1 is 0.971 bits per heavy atom. The Morgan fingerprint density at radius 2 is 1.63 bits per heavy atom. The van der Waals surface area contributed by atoms with Crippen molar-refractivity contribution in [3.63, 3.8) is 0 Å². The smallest absolute Gasteiger partial charge is 0.417 e. The van der Waals surface area contributed by atoms with Crippen molar-refractivity contribution in [3.05, 3.63) is 77.5 Å². The van der Waals surface area contributed by atoms with Crippen molar-refractivity contribution in [2.45, 2.75) is 103 Å². The number of alkyl halides is 3. The number of nitrogens with zero attached hydrogens (tertiary/aromatic N) is 6. The Hall–Kier alpha value is -5.88. The first kappa shape index (κ1) is 53.1. The Bertz CT molecular complexity index is 2300. The maximum absolute atomic E-state index is 13.9. The SMILES string of the molecule is CN(C)c1ccc(CNC(=O)[C@@H]2C[C@@H](O)CN2C(=O)[C@@H](NC(=O)COCCCOCCCCCOc2ccc(N3C(=S)N(c4ccc(C#N)c(C(F)(F)F)c4)C(=O)C3(C)C)cc2)C(C)(C)C)cn1. The summed E-state index contributed by atoms with van der Waals surface area (Å²) in [6.45, 7) is 10.2. The number of nitrogens with one attached hydrogen (secondary N) is 2. The lowest BCUT2D eigenvalue weighted by atomic mass is 9.85. The van der Waals surface area contributed by atoms with Gasteiger partial charge in [0.2, 0.25) is 17.7 Å². The zero-order chi connectivity index (χ0) is 50.0. The molecular formula is C48H61F3N8O8S. The summed E-state index contributed by atoms with van der Waals surface area (Å²) in [7, 11) is 3.76. The van der Waals surface area contributed by atoms with Gasteiger partial charge in [0.05, 0.1) is 35.6 Å². The van der Waals surface area contributed by atoms with Gasteiger partial charge in [-0.05, 0) is 111 Å². The maximum atomic E-state index is 13.9. The van der Waals surface area contributed by atoms with E-state index in [-0.39, 0.29) is 43.5 Å². The van der Waals surface area contributed by atoms with Gasteiger partial charge < -0.3 is 44.7 Å². The first-order valence-electron chi connectivity index (χ1n) is 22.4. The number of β-amino-alcohol motifs (C(OH)–C–C–N with tert-alkyl or cyclic N) is 1. The van der Waals surface area contributed by atoms with Crippen LogP contribution in [0.2, 0.25) is 0 Å². The molecule has 2 aliphatic heterocycles. The highest BCUT2D eigenvalue weighted by Gasteiger charge is 2.51. The number of nitriles is 1. The predicted molar refractivity (Wildman–Crippen MR) is 253 cm³/mol. The van der Waals surface area contributed by atoms with E-state index >= 15 is 0 Å². The number of thiocarbonyl (C=S) groups is 1. The van der Waals surface area contributed by atoms with Crippen LogP contribution in [0, 0.1) is 16.7 Å². The summed E-state index contributed by atoms with van der Waals surface area (Å²) in [5.41, 5.74) is -2.38. The number of amides is 4. The molecule has 5 rings (SSSR count). The molecule has 4 amide bonds. The number of rotatable bonds is 21. The normalized spacial score (nSPS) is 17.5. The number of pyridine rings is 1. The minimum absolute atomic E-state index is 0.000459. The van der Waals surface area contributed by atoms with Gasteiger partial charge in [-0.25, -0.2) is 4.98 Å². The highest BCUT2D eigenvalue weighted by molar-refractivity contribution is 7.81. The number of benzene rings is 2. The molecule has 20 heteroatoms. The second kappa shape index (κ2) is 22.9. The average molecular weight is 967 g/mol. The fourth-order valence-electron chi connectivity index (χ4n) is 7.77. The van der Waals surface area contributed by atoms with Crippen LogP contribution in [0.3, 0.4) is 0 Å². The monoisotopic (exact) mass is 966 g/mol. The molecule has 68 heavy (non-hydrogen) atoms. The van der Waals surface area contributed by atoms with E-state index in [1.165, 1.54) is 11.0 Å². The van der Waals surface area contributed by atoms with Crippen LogP contribution >= 0.6 is 12.2 Å². The number of anilines is 3.